The molecule has 0 aliphatic rings. The van der Waals surface area contributed by atoms with Crippen LogP contribution in [0.2, 0.25) is 0 Å². The largest absolute Gasteiger partial charge is 0.457 e. The lowest BCUT2D eigenvalue weighted by Gasteiger charge is -2.15. The van der Waals surface area contributed by atoms with Crippen LogP contribution in [0.4, 0.5) is 8.78 Å². The first-order valence-electron chi connectivity index (χ1n) is 5.89. The lowest BCUT2D eigenvalue weighted by molar-refractivity contribution is 0.190. The van der Waals surface area contributed by atoms with Crippen molar-refractivity contribution in [2.24, 2.45) is 0 Å². The summed E-state index contributed by atoms with van der Waals surface area (Å²) < 4.78 is 32.2. The highest BCUT2D eigenvalue weighted by Crippen LogP contribution is 2.33. The molecule has 2 rings (SSSR count). The van der Waals surface area contributed by atoms with E-state index >= 15 is 0 Å². The fourth-order valence-electron chi connectivity index (χ4n) is 1.86. The summed E-state index contributed by atoms with van der Waals surface area (Å²) in [7, 11) is 0. The fourth-order valence-corrected chi connectivity index (χ4v) is 1.86. The maximum atomic E-state index is 13.7. The number of hydrogen-bond acceptors (Lipinski definition) is 2. The summed E-state index contributed by atoms with van der Waals surface area (Å²) in [5.74, 6) is -0.245. The van der Waals surface area contributed by atoms with E-state index in [1.807, 2.05) is 0 Å². The van der Waals surface area contributed by atoms with Gasteiger partial charge in [-0.25, -0.2) is 8.78 Å². The summed E-state index contributed by atoms with van der Waals surface area (Å²) >= 11 is 0. The summed E-state index contributed by atoms with van der Waals surface area (Å²) in [6.45, 7) is 3.16. The zero-order valence-corrected chi connectivity index (χ0v) is 10.7. The Hall–Kier alpha value is -1.94. The topological polar surface area (TPSA) is 29.5 Å². The molecule has 0 aromatic heterocycles. The Morgan fingerprint density at radius 1 is 1.11 bits per heavy atom. The molecule has 2 nitrogen and oxygen atoms in total. The Morgan fingerprint density at radius 2 is 1.84 bits per heavy atom. The van der Waals surface area contributed by atoms with E-state index in [2.05, 4.69) is 0 Å². The number of rotatable bonds is 3. The zero-order valence-electron chi connectivity index (χ0n) is 10.7. The fraction of sp³-hybridized carbons (Fsp3) is 0.200. The lowest BCUT2D eigenvalue weighted by Crippen LogP contribution is -2.00. The van der Waals surface area contributed by atoms with E-state index in [1.165, 1.54) is 37.3 Å². The first-order valence-corrected chi connectivity index (χ1v) is 5.89. The zero-order chi connectivity index (χ0) is 14.0. The summed E-state index contributed by atoms with van der Waals surface area (Å²) in [4.78, 5) is 0. The highest BCUT2D eigenvalue weighted by Gasteiger charge is 2.15. The Kier molecular flexibility index (Phi) is 3.81. The standard InChI is InChI=1S/C15H14F2O2/c1-9-8-11(16)6-7-13(9)19-14-5-3-4-12(17)15(14)10(2)18/h3-8,10,18H,1-2H3/t10-/m1/s1. The molecule has 0 aliphatic heterocycles. The van der Waals surface area contributed by atoms with Gasteiger partial charge in [0, 0.05) is 0 Å². The van der Waals surface area contributed by atoms with E-state index in [0.29, 0.717) is 11.3 Å². The van der Waals surface area contributed by atoms with E-state index < -0.39 is 11.9 Å². The lowest BCUT2D eigenvalue weighted by atomic mass is 10.1. The van der Waals surface area contributed by atoms with Crippen LogP contribution in [0.25, 0.3) is 0 Å². The number of aliphatic hydroxyl groups is 1. The summed E-state index contributed by atoms with van der Waals surface area (Å²) in [5.41, 5.74) is 0.687. The van der Waals surface area contributed by atoms with Crippen molar-refractivity contribution in [2.75, 3.05) is 0 Å². The van der Waals surface area contributed by atoms with Gasteiger partial charge in [-0.1, -0.05) is 6.07 Å². The van der Waals surface area contributed by atoms with Gasteiger partial charge in [-0.15, -0.1) is 0 Å². The Bertz CT molecular complexity index is 595. The number of aliphatic hydroxyl groups excluding tert-OH is 1. The Labute approximate surface area is 110 Å². The predicted octanol–water partition coefficient (Wildman–Crippen LogP) is 4.12. The first-order chi connectivity index (χ1) is 8.99. The van der Waals surface area contributed by atoms with Crippen molar-refractivity contribution in [3.05, 3.63) is 59.2 Å². The van der Waals surface area contributed by atoms with E-state index in [1.54, 1.807) is 13.0 Å². The molecule has 4 heteroatoms. The molecule has 19 heavy (non-hydrogen) atoms. The second kappa shape index (κ2) is 5.36. The number of benzene rings is 2. The molecule has 0 spiro atoms. The van der Waals surface area contributed by atoms with Crippen molar-refractivity contribution in [3.63, 3.8) is 0 Å². The number of aryl methyl sites for hydroxylation is 1. The average Bonchev–Trinajstić information content (AvgIpc) is 2.32. The van der Waals surface area contributed by atoms with Gasteiger partial charge < -0.3 is 9.84 Å². The van der Waals surface area contributed by atoms with Crippen molar-refractivity contribution in [1.29, 1.82) is 0 Å². The minimum absolute atomic E-state index is 0.0891. The van der Waals surface area contributed by atoms with Crippen LogP contribution >= 0.6 is 0 Å². The van der Waals surface area contributed by atoms with Gasteiger partial charge in [0.15, 0.2) is 0 Å². The van der Waals surface area contributed by atoms with Gasteiger partial charge in [-0.05, 0) is 49.7 Å². The van der Waals surface area contributed by atoms with E-state index in [9.17, 15) is 13.9 Å². The molecule has 0 radical (unpaired) electrons. The van der Waals surface area contributed by atoms with Crippen molar-refractivity contribution in [1.82, 2.24) is 0 Å². The molecule has 0 fully saturated rings. The van der Waals surface area contributed by atoms with Crippen LogP contribution in [0, 0.1) is 18.6 Å². The van der Waals surface area contributed by atoms with Gasteiger partial charge >= 0.3 is 0 Å². The van der Waals surface area contributed by atoms with Crippen LogP contribution in [0.1, 0.15) is 24.2 Å². The summed E-state index contributed by atoms with van der Waals surface area (Å²) in [5, 5.41) is 9.60. The van der Waals surface area contributed by atoms with Crippen molar-refractivity contribution in [2.45, 2.75) is 20.0 Å². The maximum Gasteiger partial charge on any atom is 0.136 e. The third-order valence-corrected chi connectivity index (χ3v) is 2.79. The van der Waals surface area contributed by atoms with Crippen molar-refractivity contribution >= 4 is 0 Å². The van der Waals surface area contributed by atoms with Crippen LogP contribution in [0.15, 0.2) is 36.4 Å². The molecule has 0 saturated carbocycles. The molecular weight excluding hydrogens is 250 g/mol. The molecule has 1 atom stereocenters. The van der Waals surface area contributed by atoms with E-state index in [0.717, 1.165) is 0 Å². The minimum atomic E-state index is -0.989. The van der Waals surface area contributed by atoms with Gasteiger partial charge in [0.2, 0.25) is 0 Å². The quantitative estimate of drug-likeness (QED) is 0.903. The Morgan fingerprint density at radius 3 is 2.47 bits per heavy atom. The predicted molar refractivity (Wildman–Crippen MR) is 68.2 cm³/mol. The third kappa shape index (κ3) is 2.90. The van der Waals surface area contributed by atoms with E-state index in [-0.39, 0.29) is 17.1 Å². The molecule has 100 valence electrons. The molecule has 2 aromatic rings. The number of halogens is 2. The maximum absolute atomic E-state index is 13.7. The molecular formula is C15H14F2O2. The normalized spacial score (nSPS) is 12.3. The molecule has 0 amide bonds. The van der Waals surface area contributed by atoms with Crippen LogP contribution in [-0.4, -0.2) is 5.11 Å². The monoisotopic (exact) mass is 264 g/mol. The average molecular weight is 264 g/mol. The minimum Gasteiger partial charge on any atom is -0.457 e. The summed E-state index contributed by atoms with van der Waals surface area (Å²) in [6.07, 6.45) is -0.989. The van der Waals surface area contributed by atoms with Gasteiger partial charge in [0.1, 0.15) is 23.1 Å². The summed E-state index contributed by atoms with van der Waals surface area (Å²) in [6, 6.07) is 8.39. The molecule has 0 aliphatic carbocycles. The van der Waals surface area contributed by atoms with E-state index in [4.69, 9.17) is 4.74 Å². The molecule has 1 N–H and O–H groups in total. The van der Waals surface area contributed by atoms with Gasteiger partial charge in [0.05, 0.1) is 11.7 Å². The second-order valence-corrected chi connectivity index (χ2v) is 4.34. The van der Waals surface area contributed by atoms with Gasteiger partial charge in [0.25, 0.3) is 0 Å². The third-order valence-electron chi connectivity index (χ3n) is 2.79. The molecule has 0 saturated heterocycles. The molecule has 2 aromatic carbocycles. The van der Waals surface area contributed by atoms with Crippen LogP contribution in [-0.2, 0) is 0 Å². The first kappa shape index (κ1) is 13.5. The highest BCUT2D eigenvalue weighted by atomic mass is 19.1. The van der Waals surface area contributed by atoms with Crippen LogP contribution in [0.3, 0.4) is 0 Å². The Balaban J connectivity index is 2.41. The molecule has 0 heterocycles. The SMILES string of the molecule is Cc1cc(F)ccc1Oc1cccc(F)c1[C@@H](C)O. The molecule has 0 unspecified atom stereocenters. The second-order valence-electron chi connectivity index (χ2n) is 4.34. The van der Waals surface area contributed by atoms with Crippen LogP contribution < -0.4 is 4.74 Å². The number of hydrogen-bond donors (Lipinski definition) is 1. The van der Waals surface area contributed by atoms with Crippen LogP contribution in [0.5, 0.6) is 11.5 Å². The van der Waals surface area contributed by atoms with Gasteiger partial charge in [-0.3, -0.25) is 0 Å². The highest BCUT2D eigenvalue weighted by molar-refractivity contribution is 5.42. The smallest absolute Gasteiger partial charge is 0.136 e. The van der Waals surface area contributed by atoms with Gasteiger partial charge in [-0.2, -0.15) is 0 Å². The van der Waals surface area contributed by atoms with Crippen molar-refractivity contribution < 1.29 is 18.6 Å². The molecule has 0 bridgehead atoms. The number of ether oxygens (including phenoxy) is 1. The van der Waals surface area contributed by atoms with Crippen molar-refractivity contribution in [3.8, 4) is 11.5 Å².